The molecular formula is C11H17NO2. The Morgan fingerprint density at radius 2 is 2.50 bits per heavy atom. The molecule has 14 heavy (non-hydrogen) atoms. The first kappa shape index (κ1) is 9.71. The van der Waals surface area contributed by atoms with E-state index in [4.69, 9.17) is 4.74 Å². The smallest absolute Gasteiger partial charge is 0.222 e. The predicted molar refractivity (Wildman–Crippen MR) is 53.5 cm³/mol. The standard InChI is InChI=1S/C11H17NO2/c1-2-14-11-9-6-4-3-5-8(9)7-10(13)12-11/h3,5,8-9,11H,2,4,6-7H2,1H3,(H,12,13). The van der Waals surface area contributed by atoms with Crippen LogP contribution < -0.4 is 5.32 Å². The molecule has 3 nitrogen and oxygen atoms in total. The van der Waals surface area contributed by atoms with Gasteiger partial charge in [-0.15, -0.1) is 0 Å². The van der Waals surface area contributed by atoms with Gasteiger partial charge < -0.3 is 10.1 Å². The molecule has 0 bridgehead atoms. The van der Waals surface area contributed by atoms with E-state index in [9.17, 15) is 4.79 Å². The van der Waals surface area contributed by atoms with Gasteiger partial charge in [0.1, 0.15) is 6.23 Å². The van der Waals surface area contributed by atoms with E-state index < -0.39 is 0 Å². The second-order valence-corrected chi connectivity index (χ2v) is 3.98. The lowest BCUT2D eigenvalue weighted by Gasteiger charge is -2.38. The van der Waals surface area contributed by atoms with E-state index in [2.05, 4.69) is 17.5 Å². The molecule has 0 spiro atoms. The highest BCUT2D eigenvalue weighted by atomic mass is 16.5. The summed E-state index contributed by atoms with van der Waals surface area (Å²) in [4.78, 5) is 11.4. The molecule has 3 atom stereocenters. The molecule has 0 aromatic heterocycles. The first-order valence-corrected chi connectivity index (χ1v) is 5.39. The third-order valence-electron chi connectivity index (χ3n) is 3.06. The summed E-state index contributed by atoms with van der Waals surface area (Å²) in [7, 11) is 0. The number of nitrogens with one attached hydrogen (secondary N) is 1. The van der Waals surface area contributed by atoms with Crippen LogP contribution in [0.2, 0.25) is 0 Å². The first-order valence-electron chi connectivity index (χ1n) is 5.39. The largest absolute Gasteiger partial charge is 0.358 e. The van der Waals surface area contributed by atoms with Crippen LogP contribution in [0.1, 0.15) is 26.2 Å². The number of carbonyl (C=O) groups excluding carboxylic acids is 1. The minimum atomic E-state index is -0.0591. The lowest BCUT2D eigenvalue weighted by molar-refractivity contribution is -0.135. The van der Waals surface area contributed by atoms with Gasteiger partial charge in [-0.25, -0.2) is 0 Å². The Morgan fingerprint density at radius 3 is 3.29 bits per heavy atom. The summed E-state index contributed by atoms with van der Waals surface area (Å²) in [6.07, 6.45) is 7.18. The SMILES string of the molecule is CCOC1NC(=O)CC2C=CCCC21. The van der Waals surface area contributed by atoms with Crippen molar-refractivity contribution in [3.05, 3.63) is 12.2 Å². The van der Waals surface area contributed by atoms with Crippen molar-refractivity contribution in [3.8, 4) is 0 Å². The number of fused-ring (bicyclic) bond motifs is 1. The van der Waals surface area contributed by atoms with E-state index in [1.165, 1.54) is 0 Å². The maximum atomic E-state index is 11.4. The van der Waals surface area contributed by atoms with Gasteiger partial charge in [0.05, 0.1) is 0 Å². The number of piperidine rings is 1. The Hall–Kier alpha value is -0.830. The van der Waals surface area contributed by atoms with Gasteiger partial charge in [-0.3, -0.25) is 4.79 Å². The number of rotatable bonds is 2. The average molecular weight is 195 g/mol. The van der Waals surface area contributed by atoms with Gasteiger partial charge in [0.2, 0.25) is 5.91 Å². The molecule has 1 heterocycles. The van der Waals surface area contributed by atoms with Crippen LogP contribution in [0, 0.1) is 11.8 Å². The Morgan fingerprint density at radius 1 is 1.64 bits per heavy atom. The van der Waals surface area contributed by atoms with Crippen molar-refractivity contribution in [2.75, 3.05) is 6.61 Å². The van der Waals surface area contributed by atoms with Crippen molar-refractivity contribution < 1.29 is 9.53 Å². The van der Waals surface area contributed by atoms with Crippen molar-refractivity contribution in [2.24, 2.45) is 11.8 Å². The van der Waals surface area contributed by atoms with Gasteiger partial charge in [-0.2, -0.15) is 0 Å². The first-order chi connectivity index (χ1) is 6.81. The lowest BCUT2D eigenvalue weighted by Crippen LogP contribution is -2.50. The third-order valence-corrected chi connectivity index (χ3v) is 3.06. The summed E-state index contributed by atoms with van der Waals surface area (Å²) in [5.74, 6) is 1.00. The van der Waals surface area contributed by atoms with Gasteiger partial charge in [-0.1, -0.05) is 12.2 Å². The van der Waals surface area contributed by atoms with Crippen LogP contribution in [0.25, 0.3) is 0 Å². The van der Waals surface area contributed by atoms with Gasteiger partial charge in [0.15, 0.2) is 0 Å². The van der Waals surface area contributed by atoms with Crippen LogP contribution in [0.5, 0.6) is 0 Å². The number of hydrogen-bond donors (Lipinski definition) is 1. The number of amides is 1. The number of carbonyl (C=O) groups is 1. The number of allylic oxidation sites excluding steroid dienone is 2. The van der Waals surface area contributed by atoms with E-state index in [1.807, 2.05) is 6.92 Å². The third kappa shape index (κ3) is 1.82. The zero-order valence-electron chi connectivity index (χ0n) is 8.53. The second-order valence-electron chi connectivity index (χ2n) is 3.98. The Labute approximate surface area is 84.5 Å². The fourth-order valence-corrected chi connectivity index (χ4v) is 2.40. The Balaban J connectivity index is 2.09. The summed E-state index contributed by atoms with van der Waals surface area (Å²) in [6, 6.07) is 0. The molecule has 78 valence electrons. The molecule has 2 rings (SSSR count). The molecule has 2 aliphatic rings. The predicted octanol–water partition coefficient (Wildman–Crippen LogP) is 1.45. The zero-order chi connectivity index (χ0) is 9.97. The van der Waals surface area contributed by atoms with Crippen molar-refractivity contribution in [2.45, 2.75) is 32.4 Å². The minimum Gasteiger partial charge on any atom is -0.358 e. The van der Waals surface area contributed by atoms with Crippen molar-refractivity contribution >= 4 is 5.91 Å². The van der Waals surface area contributed by atoms with Crippen LogP contribution in [0.3, 0.4) is 0 Å². The highest BCUT2D eigenvalue weighted by molar-refractivity contribution is 5.77. The molecule has 1 saturated heterocycles. The van der Waals surface area contributed by atoms with Gasteiger partial charge in [0.25, 0.3) is 0 Å². The van der Waals surface area contributed by atoms with E-state index in [-0.39, 0.29) is 12.1 Å². The molecule has 3 unspecified atom stereocenters. The Bertz CT molecular complexity index is 250. The van der Waals surface area contributed by atoms with E-state index in [1.54, 1.807) is 0 Å². The normalized spacial score (nSPS) is 36.4. The molecule has 1 aliphatic carbocycles. The van der Waals surface area contributed by atoms with Crippen LogP contribution in [-0.4, -0.2) is 18.7 Å². The van der Waals surface area contributed by atoms with Crippen LogP contribution in [0.4, 0.5) is 0 Å². The highest BCUT2D eigenvalue weighted by Crippen LogP contribution is 2.33. The van der Waals surface area contributed by atoms with E-state index in [0.29, 0.717) is 24.9 Å². The molecule has 1 aliphatic heterocycles. The van der Waals surface area contributed by atoms with Crippen LogP contribution >= 0.6 is 0 Å². The van der Waals surface area contributed by atoms with E-state index >= 15 is 0 Å². The average Bonchev–Trinajstić information content (AvgIpc) is 2.18. The highest BCUT2D eigenvalue weighted by Gasteiger charge is 2.36. The van der Waals surface area contributed by atoms with Gasteiger partial charge in [0, 0.05) is 18.9 Å². The summed E-state index contributed by atoms with van der Waals surface area (Å²) >= 11 is 0. The summed E-state index contributed by atoms with van der Waals surface area (Å²) in [5, 5.41) is 2.92. The maximum absolute atomic E-state index is 11.4. The number of ether oxygens (including phenoxy) is 1. The molecule has 0 saturated carbocycles. The van der Waals surface area contributed by atoms with E-state index in [0.717, 1.165) is 12.8 Å². The Kier molecular flexibility index (Phi) is 2.87. The number of hydrogen-bond acceptors (Lipinski definition) is 2. The fourth-order valence-electron chi connectivity index (χ4n) is 2.40. The zero-order valence-corrected chi connectivity index (χ0v) is 8.53. The topological polar surface area (TPSA) is 38.3 Å². The van der Waals surface area contributed by atoms with Crippen molar-refractivity contribution in [1.82, 2.24) is 5.32 Å². The van der Waals surface area contributed by atoms with Crippen LogP contribution in [-0.2, 0) is 9.53 Å². The van der Waals surface area contributed by atoms with Crippen molar-refractivity contribution in [3.63, 3.8) is 0 Å². The monoisotopic (exact) mass is 195 g/mol. The molecule has 0 radical (unpaired) electrons. The summed E-state index contributed by atoms with van der Waals surface area (Å²) in [6.45, 7) is 2.63. The second kappa shape index (κ2) is 4.13. The summed E-state index contributed by atoms with van der Waals surface area (Å²) in [5.41, 5.74) is 0. The molecule has 1 amide bonds. The molecule has 3 heteroatoms. The lowest BCUT2D eigenvalue weighted by atomic mass is 9.78. The molecule has 1 fully saturated rings. The maximum Gasteiger partial charge on any atom is 0.222 e. The summed E-state index contributed by atoms with van der Waals surface area (Å²) < 4.78 is 5.56. The molecular weight excluding hydrogens is 178 g/mol. The van der Waals surface area contributed by atoms with Gasteiger partial charge in [-0.05, 0) is 25.7 Å². The van der Waals surface area contributed by atoms with Gasteiger partial charge >= 0.3 is 0 Å². The molecule has 1 N–H and O–H groups in total. The minimum absolute atomic E-state index is 0.0591. The van der Waals surface area contributed by atoms with Crippen LogP contribution in [0.15, 0.2) is 12.2 Å². The fraction of sp³-hybridized carbons (Fsp3) is 0.727. The van der Waals surface area contributed by atoms with Crippen molar-refractivity contribution in [1.29, 1.82) is 0 Å². The quantitative estimate of drug-likeness (QED) is 0.677. The molecule has 0 aromatic rings. The molecule has 0 aromatic carbocycles.